The highest BCUT2D eigenvalue weighted by Gasteiger charge is 2.26. The maximum atomic E-state index is 13.3. The molecule has 2 heterocycles. The Morgan fingerprint density at radius 3 is 2.48 bits per heavy atom. The van der Waals surface area contributed by atoms with Crippen molar-refractivity contribution in [1.29, 1.82) is 0 Å². The first-order chi connectivity index (χ1) is 15.0. The molecule has 0 spiro atoms. The van der Waals surface area contributed by atoms with Gasteiger partial charge in [-0.2, -0.15) is 0 Å². The highest BCUT2D eigenvalue weighted by Crippen LogP contribution is 2.32. The second-order valence-electron chi connectivity index (χ2n) is 8.45. The molecule has 164 valence electrons. The summed E-state index contributed by atoms with van der Waals surface area (Å²) >= 11 is 0. The summed E-state index contributed by atoms with van der Waals surface area (Å²) in [6.45, 7) is 0.807. The van der Waals surface area contributed by atoms with Crippen LogP contribution in [-0.2, 0) is 25.3 Å². The molecule has 0 N–H and O–H groups in total. The number of rotatable bonds is 5. The van der Waals surface area contributed by atoms with Gasteiger partial charge in [-0.15, -0.1) is 0 Å². The van der Waals surface area contributed by atoms with Gasteiger partial charge in [-0.25, -0.2) is 4.79 Å². The fraction of sp³-hybridized carbons (Fsp3) is 0.440. The maximum absolute atomic E-state index is 13.3. The Bertz CT molecular complexity index is 1130. The molecule has 1 amide bonds. The minimum absolute atomic E-state index is 0.0323. The molecular weight excluding hydrogens is 390 g/mol. The number of ether oxygens (including phenoxy) is 1. The zero-order valence-corrected chi connectivity index (χ0v) is 18.6. The van der Waals surface area contributed by atoms with Crippen LogP contribution in [0.15, 0.2) is 47.3 Å². The Morgan fingerprint density at radius 2 is 1.74 bits per heavy atom. The third kappa shape index (κ3) is 4.24. The van der Waals surface area contributed by atoms with E-state index in [1.54, 1.807) is 30.3 Å². The van der Waals surface area contributed by atoms with Gasteiger partial charge >= 0.3 is 5.69 Å². The Labute approximate surface area is 183 Å². The second-order valence-corrected chi connectivity index (χ2v) is 8.45. The van der Waals surface area contributed by atoms with Crippen molar-refractivity contribution in [2.75, 3.05) is 13.7 Å². The number of aromatic nitrogens is 2. The maximum Gasteiger partial charge on any atom is 0.328 e. The minimum atomic E-state index is -0.0323. The van der Waals surface area contributed by atoms with Crippen molar-refractivity contribution in [3.63, 3.8) is 0 Å². The fourth-order valence-corrected chi connectivity index (χ4v) is 4.68. The topological polar surface area (TPSA) is 56.5 Å². The van der Waals surface area contributed by atoms with Crippen LogP contribution in [0.3, 0.4) is 0 Å². The molecular formula is C25H31N3O3. The molecule has 1 atom stereocenters. The zero-order valence-electron chi connectivity index (χ0n) is 18.6. The van der Waals surface area contributed by atoms with Crippen molar-refractivity contribution in [3.8, 4) is 5.75 Å². The Balaban J connectivity index is 1.50. The summed E-state index contributed by atoms with van der Waals surface area (Å²) in [5.41, 5.74) is 4.04. The average Bonchev–Trinajstić information content (AvgIpc) is 2.98. The Kier molecular flexibility index (Phi) is 6.16. The summed E-state index contributed by atoms with van der Waals surface area (Å²) in [6.07, 6.45) is 5.49. The molecule has 1 aliphatic rings. The predicted molar refractivity (Wildman–Crippen MR) is 122 cm³/mol. The van der Waals surface area contributed by atoms with Gasteiger partial charge in [0.05, 0.1) is 24.2 Å². The highest BCUT2D eigenvalue weighted by molar-refractivity contribution is 5.79. The molecule has 3 aromatic rings. The van der Waals surface area contributed by atoms with Crippen LogP contribution in [-0.4, -0.2) is 33.6 Å². The Morgan fingerprint density at radius 1 is 1.00 bits per heavy atom. The lowest BCUT2D eigenvalue weighted by atomic mass is 10.00. The Hall–Kier alpha value is -3.02. The summed E-state index contributed by atoms with van der Waals surface area (Å²) in [4.78, 5) is 27.5. The van der Waals surface area contributed by atoms with Gasteiger partial charge in [0.25, 0.3) is 0 Å². The van der Waals surface area contributed by atoms with E-state index in [2.05, 4.69) is 17.0 Å². The van der Waals surface area contributed by atoms with Gasteiger partial charge in [-0.1, -0.05) is 31.0 Å². The van der Waals surface area contributed by atoms with E-state index in [0.29, 0.717) is 12.8 Å². The van der Waals surface area contributed by atoms with E-state index in [9.17, 15) is 9.59 Å². The fourth-order valence-electron chi connectivity index (χ4n) is 4.68. The van der Waals surface area contributed by atoms with Gasteiger partial charge in [0, 0.05) is 27.1 Å². The number of methoxy groups -OCH3 is 1. The molecule has 6 nitrogen and oxygen atoms in total. The smallest absolute Gasteiger partial charge is 0.328 e. The number of carbonyl (C=O) groups excluding carboxylic acids is 1. The van der Waals surface area contributed by atoms with E-state index in [4.69, 9.17) is 4.74 Å². The number of fused-ring (bicyclic) bond motifs is 1. The number of carbonyl (C=O) groups is 1. The number of benzene rings is 2. The normalized spacial score (nSPS) is 17.0. The van der Waals surface area contributed by atoms with Gasteiger partial charge in [-0.05, 0) is 54.7 Å². The molecule has 0 saturated carbocycles. The molecule has 1 fully saturated rings. The second kappa shape index (κ2) is 9.00. The van der Waals surface area contributed by atoms with Crippen LogP contribution in [0, 0.1) is 0 Å². The third-order valence-corrected chi connectivity index (χ3v) is 6.54. The van der Waals surface area contributed by atoms with Crippen molar-refractivity contribution in [2.45, 2.75) is 44.6 Å². The molecule has 0 unspecified atom stereocenters. The standard InChI is InChI=1S/C25H31N3O3/c1-26-22-14-8-18(17-23(22)27(2)25(26)30)9-15-24(29)28-16-6-4-5-7-21(28)19-10-12-20(31-3)13-11-19/h8,10-14,17,21H,4-7,9,15-16H2,1-3H3/t21-/m0/s1. The van der Waals surface area contributed by atoms with E-state index in [0.717, 1.165) is 54.6 Å². The molecule has 31 heavy (non-hydrogen) atoms. The van der Waals surface area contributed by atoms with Gasteiger partial charge in [0.1, 0.15) is 5.75 Å². The van der Waals surface area contributed by atoms with Crippen molar-refractivity contribution >= 4 is 16.9 Å². The summed E-state index contributed by atoms with van der Waals surface area (Å²) in [5.74, 6) is 1.03. The van der Waals surface area contributed by atoms with Crippen LogP contribution in [0.1, 0.15) is 49.3 Å². The molecule has 0 aliphatic carbocycles. The summed E-state index contributed by atoms with van der Waals surface area (Å²) in [7, 11) is 5.24. The van der Waals surface area contributed by atoms with Crippen molar-refractivity contribution in [3.05, 3.63) is 64.1 Å². The lowest BCUT2D eigenvalue weighted by Gasteiger charge is -2.31. The van der Waals surface area contributed by atoms with Crippen LogP contribution in [0.2, 0.25) is 0 Å². The first-order valence-corrected chi connectivity index (χ1v) is 11.1. The van der Waals surface area contributed by atoms with Gasteiger partial charge in [0.15, 0.2) is 0 Å². The van der Waals surface area contributed by atoms with Crippen molar-refractivity contribution in [2.24, 2.45) is 14.1 Å². The molecule has 0 bridgehead atoms. The number of likely N-dealkylation sites (tertiary alicyclic amines) is 1. The van der Waals surface area contributed by atoms with E-state index < -0.39 is 0 Å². The van der Waals surface area contributed by atoms with Crippen LogP contribution in [0.4, 0.5) is 0 Å². The van der Waals surface area contributed by atoms with E-state index in [1.165, 1.54) is 5.56 Å². The van der Waals surface area contributed by atoms with Crippen LogP contribution >= 0.6 is 0 Å². The zero-order chi connectivity index (χ0) is 22.0. The van der Waals surface area contributed by atoms with E-state index in [1.807, 2.05) is 30.3 Å². The highest BCUT2D eigenvalue weighted by atomic mass is 16.5. The average molecular weight is 422 g/mol. The first-order valence-electron chi connectivity index (χ1n) is 11.1. The number of imidazole rings is 1. The first kappa shape index (κ1) is 21.2. The lowest BCUT2D eigenvalue weighted by molar-refractivity contribution is -0.133. The number of hydrogen-bond acceptors (Lipinski definition) is 3. The number of nitrogens with zero attached hydrogens (tertiary/aromatic N) is 3. The molecule has 1 saturated heterocycles. The van der Waals surface area contributed by atoms with Crippen LogP contribution in [0.5, 0.6) is 5.75 Å². The van der Waals surface area contributed by atoms with E-state index >= 15 is 0 Å². The number of amides is 1. The third-order valence-electron chi connectivity index (χ3n) is 6.54. The summed E-state index contributed by atoms with van der Waals surface area (Å²) < 4.78 is 8.60. The summed E-state index contributed by atoms with van der Waals surface area (Å²) in [6, 6.07) is 14.3. The van der Waals surface area contributed by atoms with Gasteiger partial charge in [-0.3, -0.25) is 13.9 Å². The number of aryl methyl sites for hydroxylation is 3. The van der Waals surface area contributed by atoms with Crippen LogP contribution < -0.4 is 10.4 Å². The van der Waals surface area contributed by atoms with Crippen molar-refractivity contribution < 1.29 is 9.53 Å². The molecule has 1 aliphatic heterocycles. The SMILES string of the molecule is COc1ccc([C@@H]2CCCCCN2C(=O)CCc2ccc3c(c2)n(C)c(=O)n3C)cc1. The lowest BCUT2D eigenvalue weighted by Crippen LogP contribution is -2.35. The van der Waals surface area contributed by atoms with Gasteiger partial charge < -0.3 is 9.64 Å². The van der Waals surface area contributed by atoms with Gasteiger partial charge in [0.2, 0.25) is 5.91 Å². The molecule has 2 aromatic carbocycles. The summed E-state index contributed by atoms with van der Waals surface area (Å²) in [5, 5.41) is 0. The number of hydrogen-bond donors (Lipinski definition) is 0. The molecule has 1 aromatic heterocycles. The molecule has 4 rings (SSSR count). The van der Waals surface area contributed by atoms with E-state index in [-0.39, 0.29) is 17.6 Å². The van der Waals surface area contributed by atoms with Crippen LogP contribution in [0.25, 0.3) is 11.0 Å². The molecule has 0 radical (unpaired) electrons. The van der Waals surface area contributed by atoms with Crippen molar-refractivity contribution in [1.82, 2.24) is 14.0 Å². The largest absolute Gasteiger partial charge is 0.497 e. The quantitative estimate of drug-likeness (QED) is 0.627. The minimum Gasteiger partial charge on any atom is -0.497 e. The predicted octanol–water partition coefficient (Wildman–Crippen LogP) is 3.96. The molecule has 6 heteroatoms. The monoisotopic (exact) mass is 421 g/mol.